The lowest BCUT2D eigenvalue weighted by atomic mass is 10.0. The number of alkyl halides is 2. The van der Waals surface area contributed by atoms with Gasteiger partial charge in [0.15, 0.2) is 9.84 Å². The van der Waals surface area contributed by atoms with Gasteiger partial charge in [-0.3, -0.25) is 0 Å². The summed E-state index contributed by atoms with van der Waals surface area (Å²) in [6.07, 6.45) is 0. The zero-order valence-electron chi connectivity index (χ0n) is 7.47. The lowest BCUT2D eigenvalue weighted by Crippen LogP contribution is -2.33. The van der Waals surface area contributed by atoms with Gasteiger partial charge in [-0.05, 0) is 12.8 Å². The highest BCUT2D eigenvalue weighted by atomic mass is 79.9. The smallest absolute Gasteiger partial charge is 0.161 e. The minimum absolute atomic E-state index is 0.0356. The molecular formula is C7H14Br2O2S. The fourth-order valence-electron chi connectivity index (χ4n) is 0.635. The minimum atomic E-state index is -2.95. The van der Waals surface area contributed by atoms with Gasteiger partial charge in [0.2, 0.25) is 0 Å². The number of sulfone groups is 1. The van der Waals surface area contributed by atoms with Crippen LogP contribution in [0, 0.1) is 5.92 Å². The summed E-state index contributed by atoms with van der Waals surface area (Å²) in [5.41, 5.74) is 0. The molecule has 2 nitrogen and oxygen atoms in total. The molecule has 0 heterocycles. The van der Waals surface area contributed by atoms with Gasteiger partial charge in [0, 0.05) is 4.32 Å². The molecule has 5 heteroatoms. The first-order chi connectivity index (χ1) is 5.21. The van der Waals surface area contributed by atoms with Gasteiger partial charge in [-0.25, -0.2) is 8.42 Å². The standard InChI is InChI=1S/C7H14Br2O2S/c1-6(2)7(3,9)4-12(10,11)5-8/h6H,4-5H2,1-3H3. The highest BCUT2D eigenvalue weighted by Crippen LogP contribution is 2.29. The topological polar surface area (TPSA) is 34.1 Å². The summed E-state index contributed by atoms with van der Waals surface area (Å²) in [5, 5.41) is 0. The molecule has 0 bridgehead atoms. The Balaban J connectivity index is 4.46. The maximum Gasteiger partial charge on any atom is 0.161 e. The van der Waals surface area contributed by atoms with Crippen molar-refractivity contribution in [3.05, 3.63) is 0 Å². The molecule has 74 valence electrons. The van der Waals surface area contributed by atoms with E-state index in [-0.39, 0.29) is 14.7 Å². The van der Waals surface area contributed by atoms with Crippen LogP contribution < -0.4 is 0 Å². The van der Waals surface area contributed by atoms with Gasteiger partial charge in [-0.15, -0.1) is 0 Å². The zero-order chi connectivity index (χ0) is 9.99. The summed E-state index contributed by atoms with van der Waals surface area (Å²) in [7, 11) is -2.95. The molecule has 0 rings (SSSR count). The Morgan fingerprint density at radius 1 is 1.42 bits per heavy atom. The molecule has 0 fully saturated rings. The van der Waals surface area contributed by atoms with E-state index >= 15 is 0 Å². The number of rotatable bonds is 4. The highest BCUT2D eigenvalue weighted by Gasteiger charge is 2.30. The molecule has 1 atom stereocenters. The van der Waals surface area contributed by atoms with Crippen LogP contribution in [-0.2, 0) is 9.84 Å². The first-order valence-electron chi connectivity index (χ1n) is 3.66. The van der Waals surface area contributed by atoms with Crippen LogP contribution in [0.15, 0.2) is 0 Å². The quantitative estimate of drug-likeness (QED) is 0.746. The lowest BCUT2D eigenvalue weighted by molar-refractivity contribution is 0.505. The second kappa shape index (κ2) is 4.42. The van der Waals surface area contributed by atoms with Crippen molar-refractivity contribution in [2.24, 2.45) is 5.92 Å². The van der Waals surface area contributed by atoms with Crippen molar-refractivity contribution in [3.8, 4) is 0 Å². The van der Waals surface area contributed by atoms with Crippen molar-refractivity contribution in [3.63, 3.8) is 0 Å². The van der Waals surface area contributed by atoms with E-state index in [9.17, 15) is 8.42 Å². The van der Waals surface area contributed by atoms with Crippen molar-refractivity contribution in [2.45, 2.75) is 25.1 Å². The Bertz CT molecular complexity index is 232. The molecule has 1 unspecified atom stereocenters. The van der Waals surface area contributed by atoms with E-state index in [2.05, 4.69) is 31.9 Å². The van der Waals surface area contributed by atoms with Crippen LogP contribution in [0.2, 0.25) is 0 Å². The van der Waals surface area contributed by atoms with Crippen LogP contribution in [0.5, 0.6) is 0 Å². The third kappa shape index (κ3) is 4.23. The van der Waals surface area contributed by atoms with Crippen LogP contribution in [0.25, 0.3) is 0 Å². The number of hydrogen-bond donors (Lipinski definition) is 0. The summed E-state index contributed by atoms with van der Waals surface area (Å²) < 4.78 is 22.2. The van der Waals surface area contributed by atoms with Crippen molar-refractivity contribution in [1.29, 1.82) is 0 Å². The Labute approximate surface area is 91.3 Å². The molecule has 0 aromatic heterocycles. The molecule has 0 saturated carbocycles. The molecule has 0 saturated heterocycles. The van der Waals surface area contributed by atoms with Gasteiger partial charge in [0.1, 0.15) is 4.66 Å². The summed E-state index contributed by atoms with van der Waals surface area (Å²) in [6.45, 7) is 5.90. The van der Waals surface area contributed by atoms with E-state index in [1.165, 1.54) is 0 Å². The largest absolute Gasteiger partial charge is 0.228 e. The first-order valence-corrected chi connectivity index (χ1v) is 7.40. The average molecular weight is 322 g/mol. The van der Waals surface area contributed by atoms with Crippen molar-refractivity contribution in [2.75, 3.05) is 10.4 Å². The van der Waals surface area contributed by atoms with Crippen molar-refractivity contribution < 1.29 is 8.42 Å². The van der Waals surface area contributed by atoms with Gasteiger partial charge in [0.25, 0.3) is 0 Å². The first kappa shape index (κ1) is 12.9. The SMILES string of the molecule is CC(C)C(C)(Br)CS(=O)(=O)CBr. The Morgan fingerprint density at radius 3 is 2.08 bits per heavy atom. The van der Waals surface area contributed by atoms with E-state index < -0.39 is 9.84 Å². The van der Waals surface area contributed by atoms with E-state index in [0.717, 1.165) is 0 Å². The number of hydrogen-bond acceptors (Lipinski definition) is 2. The van der Waals surface area contributed by atoms with Gasteiger partial charge >= 0.3 is 0 Å². The van der Waals surface area contributed by atoms with Crippen LogP contribution in [0.4, 0.5) is 0 Å². The Kier molecular flexibility index (Phi) is 4.75. The molecule has 0 radical (unpaired) electrons. The maximum absolute atomic E-state index is 11.2. The van der Waals surface area contributed by atoms with Crippen molar-refractivity contribution in [1.82, 2.24) is 0 Å². The molecule has 0 spiro atoms. The molecule has 0 aliphatic heterocycles. The molecule has 0 aromatic carbocycles. The molecule has 0 aliphatic carbocycles. The molecule has 0 amide bonds. The second-order valence-corrected chi connectivity index (χ2v) is 8.61. The maximum atomic E-state index is 11.2. The summed E-state index contributed by atoms with van der Waals surface area (Å²) in [6, 6.07) is 0. The molecule has 0 aliphatic rings. The molecular weight excluding hydrogens is 308 g/mol. The van der Waals surface area contributed by atoms with E-state index in [0.29, 0.717) is 5.92 Å². The fraction of sp³-hybridized carbons (Fsp3) is 1.00. The zero-order valence-corrected chi connectivity index (χ0v) is 11.5. The summed E-state index contributed by atoms with van der Waals surface area (Å²) in [4.78, 5) is 0. The normalized spacial score (nSPS) is 17.8. The monoisotopic (exact) mass is 320 g/mol. The van der Waals surface area contributed by atoms with Crippen LogP contribution in [0.1, 0.15) is 20.8 Å². The predicted octanol–water partition coefficient (Wildman–Crippen LogP) is 2.56. The van der Waals surface area contributed by atoms with Gasteiger partial charge in [-0.1, -0.05) is 45.7 Å². The molecule has 12 heavy (non-hydrogen) atoms. The Morgan fingerprint density at radius 2 is 1.83 bits per heavy atom. The van der Waals surface area contributed by atoms with Crippen LogP contribution in [-0.4, -0.2) is 23.2 Å². The molecule has 0 N–H and O–H groups in total. The molecule has 0 aromatic rings. The summed E-state index contributed by atoms with van der Waals surface area (Å²) in [5.74, 6) is 0.467. The van der Waals surface area contributed by atoms with Gasteiger partial charge < -0.3 is 0 Å². The fourth-order valence-corrected chi connectivity index (χ4v) is 3.44. The number of halogens is 2. The van der Waals surface area contributed by atoms with Gasteiger partial charge in [0.05, 0.1) is 5.75 Å². The van der Waals surface area contributed by atoms with Crippen molar-refractivity contribution >= 4 is 41.7 Å². The third-order valence-electron chi connectivity index (χ3n) is 1.87. The average Bonchev–Trinajstić information content (AvgIpc) is 1.85. The van der Waals surface area contributed by atoms with Crippen LogP contribution >= 0.6 is 31.9 Å². The van der Waals surface area contributed by atoms with E-state index in [4.69, 9.17) is 0 Å². The third-order valence-corrected chi connectivity index (χ3v) is 6.90. The lowest BCUT2D eigenvalue weighted by Gasteiger charge is -2.26. The summed E-state index contributed by atoms with van der Waals surface area (Å²) >= 11 is 6.39. The predicted molar refractivity (Wildman–Crippen MR) is 59.8 cm³/mol. The second-order valence-electron chi connectivity index (χ2n) is 3.43. The van der Waals surface area contributed by atoms with Gasteiger partial charge in [-0.2, -0.15) is 0 Å². The van der Waals surface area contributed by atoms with E-state index in [1.54, 1.807) is 0 Å². The van der Waals surface area contributed by atoms with Crippen LogP contribution in [0.3, 0.4) is 0 Å². The minimum Gasteiger partial charge on any atom is -0.228 e. The van der Waals surface area contributed by atoms with E-state index in [1.807, 2.05) is 20.8 Å². The highest BCUT2D eigenvalue weighted by molar-refractivity contribution is 9.11. The Hall–Kier alpha value is 0.910.